The predicted molar refractivity (Wildman–Crippen MR) is 63.9 cm³/mol. The molecule has 15 heavy (non-hydrogen) atoms. The molecule has 1 rings (SSSR count). The molecule has 0 amide bonds. The van der Waals surface area contributed by atoms with Crippen molar-refractivity contribution in [1.29, 1.82) is 0 Å². The summed E-state index contributed by atoms with van der Waals surface area (Å²) in [4.78, 5) is 0. The van der Waals surface area contributed by atoms with Crippen LogP contribution < -0.4 is 5.32 Å². The first-order valence-electron chi connectivity index (χ1n) is 5.75. The third-order valence-electron chi connectivity index (χ3n) is 2.51. The summed E-state index contributed by atoms with van der Waals surface area (Å²) in [6, 6.07) is 10.5. The van der Waals surface area contributed by atoms with Gasteiger partial charge in [-0.2, -0.15) is 0 Å². The Morgan fingerprint density at radius 2 is 2.00 bits per heavy atom. The quantitative estimate of drug-likeness (QED) is 0.670. The van der Waals surface area contributed by atoms with Crippen LogP contribution in [0.3, 0.4) is 0 Å². The number of rotatable bonds is 7. The molecular formula is C13H21NO. The van der Waals surface area contributed by atoms with E-state index in [1.807, 2.05) is 18.2 Å². The van der Waals surface area contributed by atoms with Crippen molar-refractivity contribution in [2.24, 2.45) is 0 Å². The van der Waals surface area contributed by atoms with Crippen molar-refractivity contribution in [1.82, 2.24) is 5.32 Å². The van der Waals surface area contributed by atoms with Crippen LogP contribution in [0.1, 0.15) is 25.3 Å². The Balaban J connectivity index is 2.33. The molecule has 0 saturated heterocycles. The predicted octanol–water partition coefficient (Wildman–Crippen LogP) is 1.98. The molecule has 1 aromatic carbocycles. The van der Waals surface area contributed by atoms with Gasteiger partial charge in [0.15, 0.2) is 0 Å². The van der Waals surface area contributed by atoms with E-state index < -0.39 is 0 Å². The summed E-state index contributed by atoms with van der Waals surface area (Å²) >= 11 is 0. The molecule has 0 aliphatic rings. The first-order chi connectivity index (χ1) is 7.36. The average Bonchev–Trinajstić information content (AvgIpc) is 2.29. The summed E-state index contributed by atoms with van der Waals surface area (Å²) in [5, 5.41) is 12.6. The van der Waals surface area contributed by atoms with Crippen molar-refractivity contribution in [2.75, 3.05) is 13.2 Å². The van der Waals surface area contributed by atoms with Crippen molar-refractivity contribution < 1.29 is 5.11 Å². The molecule has 0 aromatic heterocycles. The van der Waals surface area contributed by atoms with E-state index in [9.17, 15) is 5.11 Å². The van der Waals surface area contributed by atoms with Gasteiger partial charge < -0.3 is 10.4 Å². The highest BCUT2D eigenvalue weighted by molar-refractivity contribution is 5.15. The molecule has 2 heteroatoms. The zero-order valence-electron chi connectivity index (χ0n) is 9.45. The molecule has 0 fully saturated rings. The van der Waals surface area contributed by atoms with Gasteiger partial charge in [0.25, 0.3) is 0 Å². The van der Waals surface area contributed by atoms with Crippen molar-refractivity contribution >= 4 is 0 Å². The summed E-state index contributed by atoms with van der Waals surface area (Å²) in [6.07, 6.45) is 3.27. The first-order valence-corrected chi connectivity index (χ1v) is 5.75. The highest BCUT2D eigenvalue weighted by Crippen LogP contribution is 2.02. The number of benzene rings is 1. The number of aliphatic hydroxyl groups excluding tert-OH is 1. The fourth-order valence-corrected chi connectivity index (χ4v) is 1.58. The standard InChI is InChI=1S/C13H21NO/c1-2-3-9-14-13(11-15)10-12-7-5-4-6-8-12/h4-8,13-15H,2-3,9-11H2,1H3. The third-order valence-corrected chi connectivity index (χ3v) is 2.51. The van der Waals surface area contributed by atoms with E-state index in [0.29, 0.717) is 0 Å². The lowest BCUT2D eigenvalue weighted by molar-refractivity contribution is 0.241. The monoisotopic (exact) mass is 207 g/mol. The lowest BCUT2D eigenvalue weighted by Gasteiger charge is -2.15. The summed E-state index contributed by atoms with van der Waals surface area (Å²) in [7, 11) is 0. The number of unbranched alkanes of at least 4 members (excludes halogenated alkanes) is 1. The Morgan fingerprint density at radius 3 is 2.60 bits per heavy atom. The second-order valence-corrected chi connectivity index (χ2v) is 3.88. The molecule has 0 aliphatic carbocycles. The maximum absolute atomic E-state index is 9.22. The summed E-state index contributed by atoms with van der Waals surface area (Å²) in [5.41, 5.74) is 1.28. The van der Waals surface area contributed by atoms with E-state index in [2.05, 4.69) is 24.4 Å². The zero-order chi connectivity index (χ0) is 10.9. The van der Waals surface area contributed by atoms with Gasteiger partial charge in [0, 0.05) is 6.04 Å². The second kappa shape index (κ2) is 7.43. The van der Waals surface area contributed by atoms with Crippen LogP contribution in [0.15, 0.2) is 30.3 Å². The van der Waals surface area contributed by atoms with E-state index in [-0.39, 0.29) is 12.6 Å². The lowest BCUT2D eigenvalue weighted by Crippen LogP contribution is -2.35. The molecule has 0 bridgehead atoms. The molecule has 0 radical (unpaired) electrons. The molecule has 2 N–H and O–H groups in total. The maximum atomic E-state index is 9.22. The Kier molecular flexibility index (Phi) is 6.05. The summed E-state index contributed by atoms with van der Waals surface area (Å²) < 4.78 is 0. The van der Waals surface area contributed by atoms with E-state index in [1.54, 1.807) is 0 Å². The maximum Gasteiger partial charge on any atom is 0.0587 e. The van der Waals surface area contributed by atoms with Crippen molar-refractivity contribution in [3.8, 4) is 0 Å². The van der Waals surface area contributed by atoms with Crippen LogP contribution in [0.4, 0.5) is 0 Å². The van der Waals surface area contributed by atoms with Crippen molar-refractivity contribution in [3.63, 3.8) is 0 Å². The summed E-state index contributed by atoms with van der Waals surface area (Å²) in [5.74, 6) is 0. The lowest BCUT2D eigenvalue weighted by atomic mass is 10.1. The molecule has 0 heterocycles. The van der Waals surface area contributed by atoms with E-state index >= 15 is 0 Å². The molecule has 2 nitrogen and oxygen atoms in total. The second-order valence-electron chi connectivity index (χ2n) is 3.88. The van der Waals surface area contributed by atoms with Crippen LogP contribution in [0.25, 0.3) is 0 Å². The van der Waals surface area contributed by atoms with Gasteiger partial charge in [0.1, 0.15) is 0 Å². The number of aliphatic hydroxyl groups is 1. The number of nitrogens with one attached hydrogen (secondary N) is 1. The topological polar surface area (TPSA) is 32.3 Å². The zero-order valence-corrected chi connectivity index (χ0v) is 9.45. The highest BCUT2D eigenvalue weighted by atomic mass is 16.3. The van der Waals surface area contributed by atoms with Gasteiger partial charge in [0.05, 0.1) is 6.61 Å². The van der Waals surface area contributed by atoms with Crippen molar-refractivity contribution in [3.05, 3.63) is 35.9 Å². The SMILES string of the molecule is CCCCNC(CO)Cc1ccccc1. The summed E-state index contributed by atoms with van der Waals surface area (Å²) in [6.45, 7) is 3.37. The van der Waals surface area contributed by atoms with Gasteiger partial charge >= 0.3 is 0 Å². The highest BCUT2D eigenvalue weighted by Gasteiger charge is 2.06. The van der Waals surface area contributed by atoms with Crippen LogP contribution in [0.2, 0.25) is 0 Å². The molecule has 1 unspecified atom stereocenters. The van der Waals surface area contributed by atoms with Gasteiger partial charge in [-0.15, -0.1) is 0 Å². The van der Waals surface area contributed by atoms with E-state index in [0.717, 1.165) is 13.0 Å². The molecular weight excluding hydrogens is 186 g/mol. The minimum absolute atomic E-state index is 0.193. The van der Waals surface area contributed by atoms with Gasteiger partial charge in [-0.1, -0.05) is 43.7 Å². The molecule has 84 valence electrons. The number of hydrogen-bond acceptors (Lipinski definition) is 2. The Bertz CT molecular complexity index is 248. The van der Waals surface area contributed by atoms with Gasteiger partial charge in [-0.05, 0) is 24.9 Å². The van der Waals surface area contributed by atoms with Gasteiger partial charge in [-0.3, -0.25) is 0 Å². The third kappa shape index (κ3) is 4.96. The molecule has 0 saturated carbocycles. The van der Waals surface area contributed by atoms with Crippen LogP contribution in [-0.4, -0.2) is 24.3 Å². The average molecular weight is 207 g/mol. The van der Waals surface area contributed by atoms with Crippen LogP contribution in [0.5, 0.6) is 0 Å². The Morgan fingerprint density at radius 1 is 1.27 bits per heavy atom. The molecule has 0 spiro atoms. The van der Waals surface area contributed by atoms with Crippen molar-refractivity contribution in [2.45, 2.75) is 32.2 Å². The van der Waals surface area contributed by atoms with Crippen LogP contribution in [-0.2, 0) is 6.42 Å². The normalized spacial score (nSPS) is 12.7. The molecule has 1 atom stereocenters. The Labute approximate surface area is 92.3 Å². The van der Waals surface area contributed by atoms with E-state index in [4.69, 9.17) is 0 Å². The number of hydrogen-bond donors (Lipinski definition) is 2. The van der Waals surface area contributed by atoms with E-state index in [1.165, 1.54) is 18.4 Å². The fourth-order valence-electron chi connectivity index (χ4n) is 1.58. The smallest absolute Gasteiger partial charge is 0.0587 e. The molecule has 1 aromatic rings. The minimum Gasteiger partial charge on any atom is -0.395 e. The van der Waals surface area contributed by atoms with Gasteiger partial charge in [0.2, 0.25) is 0 Å². The molecule has 0 aliphatic heterocycles. The minimum atomic E-state index is 0.193. The largest absolute Gasteiger partial charge is 0.395 e. The fraction of sp³-hybridized carbons (Fsp3) is 0.538. The Hall–Kier alpha value is -0.860. The van der Waals surface area contributed by atoms with Crippen LogP contribution >= 0.6 is 0 Å². The van der Waals surface area contributed by atoms with Crippen LogP contribution in [0, 0.1) is 0 Å². The van der Waals surface area contributed by atoms with Gasteiger partial charge in [-0.25, -0.2) is 0 Å². The first kappa shape index (κ1) is 12.2.